The lowest BCUT2D eigenvalue weighted by Gasteiger charge is -2.29. The highest BCUT2D eigenvalue weighted by molar-refractivity contribution is 7.80. The molecule has 1 saturated heterocycles. The molecule has 182 valence electrons. The van der Waals surface area contributed by atoms with Gasteiger partial charge in [0.25, 0.3) is 0 Å². The number of carbonyl (C=O) groups excluding carboxylic acids is 1. The summed E-state index contributed by atoms with van der Waals surface area (Å²) < 4.78 is 7.68. The van der Waals surface area contributed by atoms with Crippen LogP contribution in [0.2, 0.25) is 0 Å². The van der Waals surface area contributed by atoms with E-state index in [0.717, 1.165) is 22.8 Å². The number of ether oxygens (including phenoxy) is 1. The highest BCUT2D eigenvalue weighted by atomic mass is 32.1. The number of amides is 1. The monoisotopic (exact) mass is 497 g/mol. The molecule has 2 aromatic carbocycles. The fourth-order valence-corrected chi connectivity index (χ4v) is 5.10. The Morgan fingerprint density at radius 3 is 2.61 bits per heavy atom. The van der Waals surface area contributed by atoms with E-state index in [2.05, 4.69) is 56.4 Å². The first-order valence-corrected chi connectivity index (χ1v) is 12.1. The molecular formula is C28H27N5O2S. The number of hydrogen-bond donors (Lipinski definition) is 2. The number of benzene rings is 2. The summed E-state index contributed by atoms with van der Waals surface area (Å²) >= 11 is 5.89. The Hall–Kier alpha value is -4.17. The van der Waals surface area contributed by atoms with Crippen molar-refractivity contribution in [3.05, 3.63) is 102 Å². The van der Waals surface area contributed by atoms with Gasteiger partial charge in [-0.2, -0.15) is 0 Å². The zero-order valence-electron chi connectivity index (χ0n) is 20.3. The van der Waals surface area contributed by atoms with Crippen LogP contribution >= 0.6 is 12.2 Å². The van der Waals surface area contributed by atoms with Gasteiger partial charge in [0, 0.05) is 36.4 Å². The average Bonchev–Trinajstić information content (AvgIpc) is 3.48. The third kappa shape index (κ3) is 4.31. The maximum atomic E-state index is 11.9. The maximum absolute atomic E-state index is 11.9. The molecule has 7 nitrogen and oxygen atoms in total. The van der Waals surface area contributed by atoms with Crippen LogP contribution < -0.4 is 20.3 Å². The molecule has 2 aromatic heterocycles. The first kappa shape index (κ1) is 23.6. The third-order valence-electron chi connectivity index (χ3n) is 6.33. The molecule has 3 heterocycles. The number of nitrogens with one attached hydrogen (secondary N) is 2. The molecule has 2 atom stereocenters. The predicted octanol–water partition coefficient (Wildman–Crippen LogP) is 5.32. The normalized spacial score (nSPS) is 17.1. The first-order chi connectivity index (χ1) is 17.5. The summed E-state index contributed by atoms with van der Waals surface area (Å²) in [5, 5.41) is 6.95. The lowest BCUT2D eigenvalue weighted by atomic mass is 10.0. The third-order valence-corrected chi connectivity index (χ3v) is 6.64. The quantitative estimate of drug-likeness (QED) is 0.351. The molecule has 2 N–H and O–H groups in total. The number of para-hydroxylation sites is 1. The van der Waals surface area contributed by atoms with E-state index in [1.54, 1.807) is 13.3 Å². The molecule has 0 radical (unpaired) electrons. The summed E-state index contributed by atoms with van der Waals surface area (Å²) in [4.78, 5) is 18.6. The number of thiocarbonyl (C=S) groups is 1. The number of carbonyl (C=O) groups is 1. The van der Waals surface area contributed by atoms with Crippen LogP contribution in [0.15, 0.2) is 85.2 Å². The molecular weight excluding hydrogens is 470 g/mol. The van der Waals surface area contributed by atoms with Gasteiger partial charge in [0.05, 0.1) is 24.5 Å². The molecule has 36 heavy (non-hydrogen) atoms. The van der Waals surface area contributed by atoms with E-state index >= 15 is 0 Å². The van der Waals surface area contributed by atoms with E-state index in [1.165, 1.54) is 12.5 Å². The van der Waals surface area contributed by atoms with E-state index in [-0.39, 0.29) is 18.0 Å². The van der Waals surface area contributed by atoms with Gasteiger partial charge >= 0.3 is 0 Å². The van der Waals surface area contributed by atoms with Crippen LogP contribution in [0.1, 0.15) is 36.0 Å². The van der Waals surface area contributed by atoms with Crippen LogP contribution in [0.5, 0.6) is 5.75 Å². The van der Waals surface area contributed by atoms with Crippen molar-refractivity contribution in [1.82, 2.24) is 14.9 Å². The van der Waals surface area contributed by atoms with E-state index in [4.69, 9.17) is 17.0 Å². The summed E-state index contributed by atoms with van der Waals surface area (Å²) in [7, 11) is 1.58. The molecule has 5 rings (SSSR count). The summed E-state index contributed by atoms with van der Waals surface area (Å²) in [6, 6.07) is 23.6. The molecule has 0 aliphatic carbocycles. The van der Waals surface area contributed by atoms with Crippen molar-refractivity contribution in [3.63, 3.8) is 0 Å². The molecule has 0 unspecified atom stereocenters. The van der Waals surface area contributed by atoms with Gasteiger partial charge in [-0.15, -0.1) is 0 Å². The van der Waals surface area contributed by atoms with Crippen molar-refractivity contribution in [2.24, 2.45) is 0 Å². The zero-order valence-corrected chi connectivity index (χ0v) is 21.1. The first-order valence-electron chi connectivity index (χ1n) is 11.7. The van der Waals surface area contributed by atoms with Gasteiger partial charge in [-0.1, -0.05) is 24.3 Å². The second-order valence-corrected chi connectivity index (χ2v) is 9.04. The predicted molar refractivity (Wildman–Crippen MR) is 146 cm³/mol. The highest BCUT2D eigenvalue weighted by Crippen LogP contribution is 2.44. The molecule has 1 fully saturated rings. The second-order valence-electron chi connectivity index (χ2n) is 8.65. The molecule has 0 saturated carbocycles. The summed E-state index contributed by atoms with van der Waals surface area (Å²) in [5.41, 5.74) is 5.63. The average molecular weight is 498 g/mol. The molecule has 4 aromatic rings. The number of hydrogen-bond acceptors (Lipinski definition) is 4. The Kier molecular flexibility index (Phi) is 6.43. The minimum atomic E-state index is -0.208. The molecule has 1 amide bonds. The van der Waals surface area contributed by atoms with Crippen LogP contribution in [-0.4, -0.2) is 27.7 Å². The topological polar surface area (TPSA) is 71.4 Å². The SMILES string of the molecule is COc1ccc(N2C(=S)N[C@@H](c3ccccn3)[C@@H]2c2cccn2-c2ccccc2C)cc1NC(C)=O. The molecule has 1 aliphatic heterocycles. The lowest BCUT2D eigenvalue weighted by Crippen LogP contribution is -2.30. The van der Waals surface area contributed by atoms with Crippen molar-refractivity contribution in [2.45, 2.75) is 25.9 Å². The molecule has 0 spiro atoms. The summed E-state index contributed by atoms with van der Waals surface area (Å²) in [6.07, 6.45) is 3.87. The fraction of sp³-hybridized carbons (Fsp3) is 0.179. The Labute approximate surface area is 215 Å². The smallest absolute Gasteiger partial charge is 0.221 e. The van der Waals surface area contributed by atoms with Crippen LogP contribution in [0, 0.1) is 6.92 Å². The van der Waals surface area contributed by atoms with Crippen LogP contribution in [0.25, 0.3) is 5.69 Å². The van der Waals surface area contributed by atoms with Crippen LogP contribution in [0.3, 0.4) is 0 Å². The standard InChI is InChI=1S/C28H27N5O2S/c1-18-9-4-5-11-23(18)32-16-8-12-24(32)27-26(21-10-6-7-15-29-21)31-28(36)33(27)20-13-14-25(35-3)22(17-20)30-19(2)34/h4-17,26-27H,1-3H3,(H,30,34)(H,31,36)/t26-,27-/m0/s1. The number of rotatable bonds is 6. The Morgan fingerprint density at radius 2 is 1.89 bits per heavy atom. The van der Waals surface area contributed by atoms with Crippen molar-refractivity contribution in [3.8, 4) is 11.4 Å². The van der Waals surface area contributed by atoms with Gasteiger partial charge in [0.15, 0.2) is 5.11 Å². The van der Waals surface area contributed by atoms with E-state index in [9.17, 15) is 4.79 Å². The number of anilines is 2. The van der Waals surface area contributed by atoms with Gasteiger partial charge in [0.2, 0.25) is 5.91 Å². The second kappa shape index (κ2) is 9.83. The maximum Gasteiger partial charge on any atom is 0.221 e. The van der Waals surface area contributed by atoms with Crippen LogP contribution in [0.4, 0.5) is 11.4 Å². The molecule has 8 heteroatoms. The van der Waals surface area contributed by atoms with Gasteiger partial charge in [-0.3, -0.25) is 9.78 Å². The van der Waals surface area contributed by atoms with Crippen molar-refractivity contribution in [1.29, 1.82) is 0 Å². The number of aromatic nitrogens is 2. The Balaban J connectivity index is 1.67. The Bertz CT molecular complexity index is 1420. The highest BCUT2D eigenvalue weighted by Gasteiger charge is 2.42. The van der Waals surface area contributed by atoms with Gasteiger partial charge in [0.1, 0.15) is 11.8 Å². The number of methoxy groups -OCH3 is 1. The molecule has 0 bridgehead atoms. The van der Waals surface area contributed by atoms with Gasteiger partial charge in [-0.25, -0.2) is 0 Å². The zero-order chi connectivity index (χ0) is 25.2. The van der Waals surface area contributed by atoms with E-state index in [0.29, 0.717) is 16.5 Å². The van der Waals surface area contributed by atoms with Gasteiger partial charge in [-0.05, 0) is 73.2 Å². The minimum absolute atomic E-state index is 0.177. The fourth-order valence-electron chi connectivity index (χ4n) is 4.75. The number of pyridine rings is 1. The van der Waals surface area contributed by atoms with E-state index < -0.39 is 0 Å². The summed E-state index contributed by atoms with van der Waals surface area (Å²) in [5.74, 6) is 0.400. The largest absolute Gasteiger partial charge is 0.495 e. The number of aryl methyl sites for hydroxylation is 1. The number of nitrogens with zero attached hydrogens (tertiary/aromatic N) is 3. The summed E-state index contributed by atoms with van der Waals surface area (Å²) in [6.45, 7) is 3.58. The minimum Gasteiger partial charge on any atom is -0.495 e. The molecule has 1 aliphatic rings. The van der Waals surface area contributed by atoms with Crippen molar-refractivity contribution >= 4 is 34.6 Å². The van der Waals surface area contributed by atoms with Crippen LogP contribution in [-0.2, 0) is 4.79 Å². The lowest BCUT2D eigenvalue weighted by molar-refractivity contribution is -0.114. The van der Waals surface area contributed by atoms with E-state index in [1.807, 2.05) is 54.6 Å². The van der Waals surface area contributed by atoms with Gasteiger partial charge < -0.3 is 24.8 Å². The van der Waals surface area contributed by atoms with Crippen molar-refractivity contribution < 1.29 is 9.53 Å². The van der Waals surface area contributed by atoms with Crippen molar-refractivity contribution in [2.75, 3.05) is 17.3 Å². The Morgan fingerprint density at radius 1 is 1.08 bits per heavy atom.